The second-order valence-corrected chi connectivity index (χ2v) is 8.43. The number of aromatic hydroxyl groups is 1. The summed E-state index contributed by atoms with van der Waals surface area (Å²) in [4.78, 5) is 12.8. The number of hydrogen-bond donors (Lipinski definition) is 2. The van der Waals surface area contributed by atoms with Crippen LogP contribution in [0.1, 0.15) is 62.5 Å². The van der Waals surface area contributed by atoms with E-state index in [1.54, 1.807) is 0 Å². The summed E-state index contributed by atoms with van der Waals surface area (Å²) >= 11 is 0. The van der Waals surface area contributed by atoms with Gasteiger partial charge in [0, 0.05) is 18.4 Å². The van der Waals surface area contributed by atoms with E-state index in [4.69, 9.17) is 0 Å². The lowest BCUT2D eigenvalue weighted by molar-refractivity contribution is -0.129. The second-order valence-electron chi connectivity index (χ2n) is 8.43. The Hall–Kier alpha value is -1.35. The van der Waals surface area contributed by atoms with Gasteiger partial charge in [0.2, 0.25) is 0 Å². The summed E-state index contributed by atoms with van der Waals surface area (Å²) in [6, 6.07) is 5.87. The molecule has 0 amide bonds. The van der Waals surface area contributed by atoms with Gasteiger partial charge in [0.1, 0.15) is 11.5 Å². The van der Waals surface area contributed by atoms with Crippen LogP contribution < -0.4 is 0 Å². The maximum absolute atomic E-state index is 12.8. The van der Waals surface area contributed by atoms with Crippen molar-refractivity contribution in [2.24, 2.45) is 23.2 Å². The lowest BCUT2D eigenvalue weighted by atomic mass is 9.54. The fraction of sp³-hybridized carbons (Fsp3) is 0.667. The molecule has 3 unspecified atom stereocenters. The van der Waals surface area contributed by atoms with E-state index in [1.165, 1.54) is 11.1 Å². The number of aryl methyl sites for hydroxylation is 1. The van der Waals surface area contributed by atoms with Crippen molar-refractivity contribution < 1.29 is 15.0 Å². The molecular formula is C21H28O3. The fourth-order valence-electron chi connectivity index (χ4n) is 6.25. The first-order chi connectivity index (χ1) is 11.5. The van der Waals surface area contributed by atoms with Crippen molar-refractivity contribution in [1.82, 2.24) is 0 Å². The minimum absolute atomic E-state index is 0.143. The molecule has 3 nitrogen and oxygen atoms in total. The summed E-state index contributed by atoms with van der Waals surface area (Å²) in [5.74, 6) is 2.86. The normalized spacial score (nSPS) is 37.7. The van der Waals surface area contributed by atoms with E-state index >= 15 is 0 Å². The fourth-order valence-corrected chi connectivity index (χ4v) is 6.25. The Balaban J connectivity index is 1.68. The summed E-state index contributed by atoms with van der Waals surface area (Å²) in [7, 11) is 0. The van der Waals surface area contributed by atoms with Crippen LogP contribution in [0.5, 0.6) is 5.75 Å². The van der Waals surface area contributed by atoms with Crippen LogP contribution in [0.3, 0.4) is 0 Å². The van der Waals surface area contributed by atoms with Crippen LogP contribution in [0.25, 0.3) is 0 Å². The second kappa shape index (κ2) is 5.87. The molecule has 0 bridgehead atoms. The number of carbonyl (C=O) groups excluding carboxylic acids is 1. The third kappa shape index (κ3) is 2.32. The lowest BCUT2D eigenvalue weighted by Crippen LogP contribution is -2.44. The predicted molar refractivity (Wildman–Crippen MR) is 92.9 cm³/mol. The van der Waals surface area contributed by atoms with Crippen LogP contribution in [0.2, 0.25) is 0 Å². The number of hydrogen-bond acceptors (Lipinski definition) is 3. The molecule has 5 atom stereocenters. The van der Waals surface area contributed by atoms with Crippen LogP contribution >= 0.6 is 0 Å². The summed E-state index contributed by atoms with van der Waals surface area (Å²) < 4.78 is 0. The first-order valence-corrected chi connectivity index (χ1v) is 9.50. The molecule has 24 heavy (non-hydrogen) atoms. The van der Waals surface area contributed by atoms with E-state index < -0.39 is 0 Å². The highest BCUT2D eigenvalue weighted by atomic mass is 16.3. The molecular weight excluding hydrogens is 300 g/mol. The number of aliphatic hydroxyl groups excluding tert-OH is 1. The zero-order valence-electron chi connectivity index (χ0n) is 14.5. The van der Waals surface area contributed by atoms with Gasteiger partial charge >= 0.3 is 0 Å². The van der Waals surface area contributed by atoms with E-state index in [9.17, 15) is 15.0 Å². The van der Waals surface area contributed by atoms with Crippen molar-refractivity contribution in [1.29, 1.82) is 0 Å². The van der Waals surface area contributed by atoms with Gasteiger partial charge in [0.25, 0.3) is 0 Å². The average Bonchev–Trinajstić information content (AvgIpc) is 2.83. The maximum atomic E-state index is 12.8. The number of ketones is 1. The van der Waals surface area contributed by atoms with Gasteiger partial charge in [-0.25, -0.2) is 0 Å². The Kier molecular flexibility index (Phi) is 3.95. The largest absolute Gasteiger partial charge is 0.508 e. The third-order valence-electron chi connectivity index (χ3n) is 7.29. The third-order valence-corrected chi connectivity index (χ3v) is 7.29. The van der Waals surface area contributed by atoms with E-state index in [2.05, 4.69) is 13.0 Å². The number of benzene rings is 1. The number of Topliss-reactive ketones (excluding diaryl/α,β-unsaturated/α-hetero) is 1. The molecule has 3 heteroatoms. The number of aliphatic hydroxyl groups is 1. The number of fused-ring (bicyclic) bond motifs is 5. The molecule has 0 spiro atoms. The summed E-state index contributed by atoms with van der Waals surface area (Å²) in [5.41, 5.74) is 2.57. The topological polar surface area (TPSA) is 57.5 Å². The van der Waals surface area contributed by atoms with Gasteiger partial charge in [-0.2, -0.15) is 0 Å². The highest BCUT2D eigenvalue weighted by Crippen LogP contribution is 2.62. The molecule has 0 aromatic heterocycles. The van der Waals surface area contributed by atoms with Crippen molar-refractivity contribution in [3.05, 3.63) is 29.3 Å². The standard InChI is InChI=1S/C21H28O3/c1-21-9-8-17-16-7-5-15(23)11-13(16)4-6-18(17)20(21)14(3-2-10-22)12-19(21)24/h5,7,11,14,17-18,20,22-23H,2-4,6,8-10,12H2,1H3/t14-,17?,18?,20?,21-/m1/s1. The highest BCUT2D eigenvalue weighted by molar-refractivity contribution is 5.87. The first kappa shape index (κ1) is 16.1. The molecule has 2 saturated carbocycles. The Morgan fingerprint density at radius 1 is 1.29 bits per heavy atom. The van der Waals surface area contributed by atoms with Gasteiger partial charge in [-0.3, -0.25) is 4.79 Å². The van der Waals surface area contributed by atoms with E-state index in [1.807, 2.05) is 12.1 Å². The summed E-state index contributed by atoms with van der Waals surface area (Å²) in [6.07, 6.45) is 6.73. The molecule has 0 aliphatic heterocycles. The van der Waals surface area contributed by atoms with Gasteiger partial charge < -0.3 is 10.2 Å². The molecule has 130 valence electrons. The van der Waals surface area contributed by atoms with E-state index in [0.717, 1.165) is 38.5 Å². The number of carbonyl (C=O) groups is 1. The molecule has 1 aromatic carbocycles. The van der Waals surface area contributed by atoms with Crippen molar-refractivity contribution in [3.63, 3.8) is 0 Å². The quantitative estimate of drug-likeness (QED) is 0.887. The van der Waals surface area contributed by atoms with Crippen LogP contribution in [-0.2, 0) is 11.2 Å². The van der Waals surface area contributed by atoms with Gasteiger partial charge in [-0.05, 0) is 85.5 Å². The number of phenols is 1. The Morgan fingerprint density at radius 2 is 2.12 bits per heavy atom. The van der Waals surface area contributed by atoms with Crippen molar-refractivity contribution in [2.45, 2.75) is 57.8 Å². The molecule has 3 aliphatic rings. The van der Waals surface area contributed by atoms with Crippen LogP contribution in [0.15, 0.2) is 18.2 Å². The molecule has 0 heterocycles. The zero-order chi connectivity index (χ0) is 16.9. The van der Waals surface area contributed by atoms with Gasteiger partial charge in [0.05, 0.1) is 0 Å². The molecule has 2 N–H and O–H groups in total. The Labute approximate surface area is 144 Å². The van der Waals surface area contributed by atoms with Crippen LogP contribution in [0.4, 0.5) is 0 Å². The predicted octanol–water partition coefficient (Wildman–Crippen LogP) is 3.82. The van der Waals surface area contributed by atoms with Crippen molar-refractivity contribution in [3.8, 4) is 5.75 Å². The van der Waals surface area contributed by atoms with Crippen LogP contribution in [0, 0.1) is 23.2 Å². The van der Waals surface area contributed by atoms with Gasteiger partial charge in [-0.1, -0.05) is 13.0 Å². The smallest absolute Gasteiger partial charge is 0.139 e. The zero-order valence-corrected chi connectivity index (χ0v) is 14.5. The molecule has 2 fully saturated rings. The lowest BCUT2D eigenvalue weighted by Gasteiger charge is -2.50. The number of phenolic OH excluding ortho intramolecular Hbond substituents is 1. The number of rotatable bonds is 3. The highest BCUT2D eigenvalue weighted by Gasteiger charge is 2.58. The molecule has 3 aliphatic carbocycles. The van der Waals surface area contributed by atoms with Crippen LogP contribution in [-0.4, -0.2) is 22.6 Å². The average molecular weight is 328 g/mol. The molecule has 1 aromatic rings. The van der Waals surface area contributed by atoms with Gasteiger partial charge in [-0.15, -0.1) is 0 Å². The summed E-state index contributed by atoms with van der Waals surface area (Å²) in [6.45, 7) is 2.44. The minimum atomic E-state index is -0.143. The Morgan fingerprint density at radius 3 is 2.92 bits per heavy atom. The first-order valence-electron chi connectivity index (χ1n) is 9.50. The monoisotopic (exact) mass is 328 g/mol. The Bertz CT molecular complexity index is 652. The molecule has 0 radical (unpaired) electrons. The molecule has 4 rings (SSSR count). The summed E-state index contributed by atoms with van der Waals surface area (Å²) in [5, 5.41) is 19.0. The van der Waals surface area contributed by atoms with Gasteiger partial charge in [0.15, 0.2) is 0 Å². The minimum Gasteiger partial charge on any atom is -0.508 e. The maximum Gasteiger partial charge on any atom is 0.139 e. The SMILES string of the molecule is C[C@]12CCC3c4ccc(O)cc4CCC3C1[C@H](CCCO)CC2=O. The molecule has 0 saturated heterocycles. The van der Waals surface area contributed by atoms with Crippen molar-refractivity contribution in [2.75, 3.05) is 6.61 Å². The van der Waals surface area contributed by atoms with E-state index in [-0.39, 0.29) is 12.0 Å². The van der Waals surface area contributed by atoms with E-state index in [0.29, 0.717) is 41.6 Å². The van der Waals surface area contributed by atoms with Crippen molar-refractivity contribution >= 4 is 5.78 Å².